The smallest absolute Gasteiger partial charge is 0.135 e. The van der Waals surface area contributed by atoms with Crippen LogP contribution in [0.1, 0.15) is 0 Å². The predicted molar refractivity (Wildman–Crippen MR) is 246 cm³/mol. The Morgan fingerprint density at radius 3 is 1.64 bits per heavy atom. The van der Waals surface area contributed by atoms with E-state index in [1.807, 2.05) is 23.5 Å². The minimum atomic E-state index is 0.905. The number of aromatic nitrogens is 2. The van der Waals surface area contributed by atoms with Crippen molar-refractivity contribution in [3.8, 4) is 33.6 Å². The van der Waals surface area contributed by atoms with Gasteiger partial charge in [-0.2, -0.15) is 0 Å². The van der Waals surface area contributed by atoms with Gasteiger partial charge in [-0.15, -0.1) is 11.3 Å². The van der Waals surface area contributed by atoms with Gasteiger partial charge in [0.1, 0.15) is 11.2 Å². The molecule has 0 N–H and O–H groups in total. The molecule has 0 saturated carbocycles. The number of hydrogen-bond donors (Lipinski definition) is 0. The molecular weight excluding hydrogens is 725 g/mol. The number of nitrogens with zero attached hydrogens (tertiary/aromatic N) is 2. The van der Waals surface area contributed by atoms with E-state index >= 15 is 0 Å². The fraction of sp³-hybridized carbons (Fsp3) is 0. The lowest BCUT2D eigenvalue weighted by Gasteiger charge is -2.12. The molecule has 13 aromatic rings. The number of furan rings is 1. The lowest BCUT2D eigenvalue weighted by atomic mass is 9.99. The van der Waals surface area contributed by atoms with E-state index in [0.29, 0.717) is 0 Å². The van der Waals surface area contributed by atoms with E-state index in [0.717, 1.165) is 33.3 Å². The number of para-hydroxylation sites is 3. The molecule has 0 aliphatic heterocycles. The van der Waals surface area contributed by atoms with Crippen molar-refractivity contribution in [2.24, 2.45) is 0 Å². The fourth-order valence-electron chi connectivity index (χ4n) is 9.54. The minimum absolute atomic E-state index is 0.905. The second kappa shape index (κ2) is 12.1. The van der Waals surface area contributed by atoms with Crippen molar-refractivity contribution >= 4 is 97.1 Å². The van der Waals surface area contributed by atoms with Crippen LogP contribution in [0.5, 0.6) is 0 Å². The van der Waals surface area contributed by atoms with Crippen LogP contribution in [0.25, 0.3) is 119 Å². The summed E-state index contributed by atoms with van der Waals surface area (Å²) in [5.74, 6) is 0. The molecule has 0 aliphatic rings. The Kier molecular flexibility index (Phi) is 6.60. The maximum Gasteiger partial charge on any atom is 0.135 e. The summed E-state index contributed by atoms with van der Waals surface area (Å²) in [6, 6.07) is 70.9. The Balaban J connectivity index is 0.957. The van der Waals surface area contributed by atoms with Crippen molar-refractivity contribution in [3.05, 3.63) is 194 Å². The molecule has 4 heteroatoms. The first-order chi connectivity index (χ1) is 28.7. The van der Waals surface area contributed by atoms with Crippen LogP contribution in [-0.4, -0.2) is 9.13 Å². The fourth-order valence-corrected chi connectivity index (χ4v) is 10.7. The number of benzene rings is 9. The summed E-state index contributed by atoms with van der Waals surface area (Å²) < 4.78 is 13.7. The summed E-state index contributed by atoms with van der Waals surface area (Å²) in [5, 5.41) is 9.88. The Bertz CT molecular complexity index is 3820. The molecular formula is C54H32N2OS. The van der Waals surface area contributed by atoms with Gasteiger partial charge in [-0.25, -0.2) is 0 Å². The largest absolute Gasteiger partial charge is 0.456 e. The van der Waals surface area contributed by atoms with Crippen LogP contribution >= 0.6 is 11.3 Å². The van der Waals surface area contributed by atoms with Crippen molar-refractivity contribution < 1.29 is 4.42 Å². The third-order valence-corrected chi connectivity index (χ3v) is 13.3. The van der Waals surface area contributed by atoms with Gasteiger partial charge in [0.25, 0.3) is 0 Å². The average Bonchev–Trinajstić information content (AvgIpc) is 4.03. The highest BCUT2D eigenvalue weighted by Crippen LogP contribution is 2.42. The quantitative estimate of drug-likeness (QED) is 0.175. The minimum Gasteiger partial charge on any atom is -0.456 e. The molecule has 58 heavy (non-hydrogen) atoms. The normalized spacial score (nSPS) is 12.1. The maximum atomic E-state index is 6.19. The van der Waals surface area contributed by atoms with E-state index in [-0.39, 0.29) is 0 Å². The zero-order valence-corrected chi connectivity index (χ0v) is 32.0. The Morgan fingerprint density at radius 2 is 0.897 bits per heavy atom. The summed E-state index contributed by atoms with van der Waals surface area (Å²) >= 11 is 1.87. The molecule has 270 valence electrons. The highest BCUT2D eigenvalue weighted by molar-refractivity contribution is 7.25. The van der Waals surface area contributed by atoms with Crippen LogP contribution in [0.4, 0.5) is 0 Å². The van der Waals surface area contributed by atoms with Gasteiger partial charge in [0.05, 0.1) is 22.1 Å². The Hall–Kier alpha value is -7.40. The van der Waals surface area contributed by atoms with Crippen LogP contribution in [0.3, 0.4) is 0 Å². The predicted octanol–water partition coefficient (Wildman–Crippen LogP) is 15.5. The second-order valence-electron chi connectivity index (χ2n) is 15.3. The van der Waals surface area contributed by atoms with Crippen LogP contribution in [0.2, 0.25) is 0 Å². The SMILES string of the molecule is c1cc(-c2cccc3sc4ccccc4c23)cc(-n2c3ccccc3c3cc(-c4ccc5c(c4)c4ccccc4n5-c4ccc5oc6ccccc6c5c4)ccc32)c1. The molecule has 0 amide bonds. The molecule has 0 fully saturated rings. The molecule has 0 saturated heterocycles. The van der Waals surface area contributed by atoms with Gasteiger partial charge >= 0.3 is 0 Å². The van der Waals surface area contributed by atoms with Crippen molar-refractivity contribution in [2.45, 2.75) is 0 Å². The Labute approximate surface area is 336 Å². The molecule has 0 aliphatic carbocycles. The molecule has 0 radical (unpaired) electrons. The molecule has 9 aromatic carbocycles. The lowest BCUT2D eigenvalue weighted by molar-refractivity contribution is 0.669. The van der Waals surface area contributed by atoms with Crippen LogP contribution in [0, 0.1) is 0 Å². The van der Waals surface area contributed by atoms with Crippen LogP contribution < -0.4 is 0 Å². The average molecular weight is 757 g/mol. The van der Waals surface area contributed by atoms with Crippen molar-refractivity contribution in [1.29, 1.82) is 0 Å². The van der Waals surface area contributed by atoms with E-state index in [2.05, 4.69) is 191 Å². The first-order valence-corrected chi connectivity index (χ1v) is 20.6. The topological polar surface area (TPSA) is 23.0 Å². The summed E-state index contributed by atoms with van der Waals surface area (Å²) in [6.45, 7) is 0. The first kappa shape index (κ1) is 31.8. The number of rotatable bonds is 4. The van der Waals surface area contributed by atoms with Gasteiger partial charge in [-0.3, -0.25) is 0 Å². The van der Waals surface area contributed by atoms with E-state index in [1.54, 1.807) is 0 Å². The molecule has 0 spiro atoms. The molecule has 4 heterocycles. The number of thiophene rings is 1. The van der Waals surface area contributed by atoms with E-state index in [4.69, 9.17) is 4.42 Å². The second-order valence-corrected chi connectivity index (χ2v) is 16.4. The van der Waals surface area contributed by atoms with E-state index < -0.39 is 0 Å². The molecule has 13 rings (SSSR count). The highest BCUT2D eigenvalue weighted by Gasteiger charge is 2.18. The van der Waals surface area contributed by atoms with Gasteiger partial charge < -0.3 is 13.6 Å². The van der Waals surface area contributed by atoms with Gasteiger partial charge in [0, 0.05) is 63.9 Å². The molecule has 0 bridgehead atoms. The van der Waals surface area contributed by atoms with Gasteiger partial charge in [-0.1, -0.05) is 109 Å². The Morgan fingerprint density at radius 1 is 0.328 bits per heavy atom. The third-order valence-electron chi connectivity index (χ3n) is 12.1. The molecule has 0 atom stereocenters. The lowest BCUT2D eigenvalue weighted by Crippen LogP contribution is -1.94. The van der Waals surface area contributed by atoms with Gasteiger partial charge in [0.2, 0.25) is 0 Å². The highest BCUT2D eigenvalue weighted by atomic mass is 32.1. The number of fused-ring (bicyclic) bond motifs is 12. The van der Waals surface area contributed by atoms with Crippen molar-refractivity contribution in [2.75, 3.05) is 0 Å². The standard InChI is InChI=1S/C54H32N2OS/c1-5-18-46-39(13-1)43-30-33(23-26-48(43)55(46)36-12-9-11-35(29-36)38-17-10-22-53-54(38)42-16-4-8-21-52(42)58-53)34-24-27-49-44(31-34)40-14-2-6-19-47(40)56(49)37-25-28-51-45(32-37)41-15-3-7-20-50(41)57-51/h1-32H. The summed E-state index contributed by atoms with van der Waals surface area (Å²) in [6.07, 6.45) is 0. The van der Waals surface area contributed by atoms with Crippen LogP contribution in [0.15, 0.2) is 199 Å². The monoisotopic (exact) mass is 756 g/mol. The van der Waals surface area contributed by atoms with Gasteiger partial charge in [0.15, 0.2) is 0 Å². The van der Waals surface area contributed by atoms with Crippen molar-refractivity contribution in [3.63, 3.8) is 0 Å². The summed E-state index contributed by atoms with van der Waals surface area (Å²) in [4.78, 5) is 0. The molecule has 3 nitrogen and oxygen atoms in total. The first-order valence-electron chi connectivity index (χ1n) is 19.7. The number of hydrogen-bond acceptors (Lipinski definition) is 2. The maximum absolute atomic E-state index is 6.19. The third kappa shape index (κ3) is 4.55. The van der Waals surface area contributed by atoms with Gasteiger partial charge in [-0.05, 0) is 107 Å². The van der Waals surface area contributed by atoms with Crippen LogP contribution in [-0.2, 0) is 0 Å². The van der Waals surface area contributed by atoms with E-state index in [1.165, 1.54) is 86.0 Å². The zero-order valence-electron chi connectivity index (χ0n) is 31.2. The zero-order chi connectivity index (χ0) is 37.9. The molecule has 0 unspecified atom stereocenters. The summed E-state index contributed by atoms with van der Waals surface area (Å²) in [7, 11) is 0. The van der Waals surface area contributed by atoms with Crippen molar-refractivity contribution in [1.82, 2.24) is 9.13 Å². The van der Waals surface area contributed by atoms with E-state index in [9.17, 15) is 0 Å². The summed E-state index contributed by atoms with van der Waals surface area (Å²) in [5.41, 5.74) is 13.7. The molecule has 4 aromatic heterocycles.